The summed E-state index contributed by atoms with van der Waals surface area (Å²) in [6.07, 6.45) is 0. The monoisotopic (exact) mass is 458 g/mol. The number of hydrogen-bond acceptors (Lipinski definition) is 8. The molecule has 0 heterocycles. The van der Waals surface area contributed by atoms with E-state index in [2.05, 4.69) is 9.47 Å². The van der Waals surface area contributed by atoms with Gasteiger partial charge in [-0.3, -0.25) is 0 Å². The second kappa shape index (κ2) is 24.9. The van der Waals surface area contributed by atoms with Crippen molar-refractivity contribution in [3.05, 3.63) is 0 Å². The van der Waals surface area contributed by atoms with Crippen molar-refractivity contribution in [2.45, 2.75) is 0 Å². The van der Waals surface area contributed by atoms with Crippen molar-refractivity contribution in [1.29, 1.82) is 0 Å². The van der Waals surface area contributed by atoms with Crippen LogP contribution in [-0.4, -0.2) is 46.0 Å². The molecule has 0 aromatic carbocycles. The van der Waals surface area contributed by atoms with E-state index in [0.29, 0.717) is 0 Å². The first-order valence-corrected chi connectivity index (χ1v) is 3.24. The Bertz CT molecular complexity index is 396. The van der Waals surface area contributed by atoms with Crippen LogP contribution >= 0.6 is 0 Å². The van der Waals surface area contributed by atoms with Gasteiger partial charge in [0, 0.05) is 43.4 Å². The summed E-state index contributed by atoms with van der Waals surface area (Å²) in [5.74, 6) is -12.7. The van der Waals surface area contributed by atoms with Gasteiger partial charge >= 0.3 is 198 Å². The van der Waals surface area contributed by atoms with E-state index < -0.39 is 35.8 Å². The number of aliphatic carboxylic acids is 2. The second-order valence-electron chi connectivity index (χ2n) is 1.96. The fourth-order valence-corrected chi connectivity index (χ4v) is 0.339. The third-order valence-electron chi connectivity index (χ3n) is 0.887. The van der Waals surface area contributed by atoms with Crippen molar-refractivity contribution in [3.8, 4) is 0 Å². The van der Waals surface area contributed by atoms with Crippen molar-refractivity contribution in [2.24, 2.45) is 0 Å². The van der Waals surface area contributed by atoms with Crippen LogP contribution < -0.4 is 162 Å². The van der Waals surface area contributed by atoms with Gasteiger partial charge in [-0.05, 0) is 0 Å². The maximum Gasteiger partial charge on any atom is 1.00 e. The largest absolute Gasteiger partial charge is 1.00 e. The molecule has 10 nitrogen and oxygen atoms in total. The van der Waals surface area contributed by atoms with E-state index in [-0.39, 0.29) is 211 Å². The maximum atomic E-state index is 10.5. The number of rotatable bonds is 0. The SMILES string of the molecule is O=C(O)C(=O)OC(=O)C(=O)OC(=O)C(=O)O.[H-].[H-].[H-].[H-].[K+].[K+].[Na+].[Na+].[Ti].[Ti]. The zero-order valence-electron chi connectivity index (χ0n) is 16.2. The summed E-state index contributed by atoms with van der Waals surface area (Å²) in [5.41, 5.74) is 0. The van der Waals surface area contributed by atoms with Crippen LogP contribution in [0.15, 0.2) is 0 Å². The average Bonchev–Trinajstić information content (AvgIpc) is 2.16. The summed E-state index contributed by atoms with van der Waals surface area (Å²) in [6, 6.07) is 0. The number of carbonyl (C=O) groups excluding carboxylic acids is 4. The Balaban J connectivity index is -0.0000000250. The Kier molecular flexibility index (Phi) is 50.9. The minimum Gasteiger partial charge on any atom is -1.00 e. The van der Waals surface area contributed by atoms with Gasteiger partial charge in [0.1, 0.15) is 0 Å². The minimum atomic E-state index is -2.16. The van der Waals surface area contributed by atoms with E-state index in [0.717, 1.165) is 0 Å². The Hall–Kier alpha value is 3.92. The van der Waals surface area contributed by atoms with Crippen LogP contribution in [0.1, 0.15) is 5.71 Å². The topological polar surface area (TPSA) is 161 Å². The summed E-state index contributed by atoms with van der Waals surface area (Å²) in [7, 11) is 0. The number of esters is 4. The van der Waals surface area contributed by atoms with Gasteiger partial charge in [-0.1, -0.05) is 0 Å². The maximum absolute atomic E-state index is 10.5. The minimum absolute atomic E-state index is 0. The molecule has 16 heteroatoms. The fourth-order valence-electron chi connectivity index (χ4n) is 0.339. The molecule has 0 saturated carbocycles. The molecule has 0 aromatic rings. The van der Waals surface area contributed by atoms with Crippen LogP contribution in [0.25, 0.3) is 0 Å². The number of carbonyl (C=O) groups is 6. The van der Waals surface area contributed by atoms with Gasteiger partial charge in [0.15, 0.2) is 0 Å². The molecule has 2 N–H and O–H groups in total. The number of ether oxygens (including phenoxy) is 2. The number of hydrogen-bond donors (Lipinski definition) is 2. The fraction of sp³-hybridized carbons (Fsp3) is 0. The first kappa shape index (κ1) is 45.0. The molecule has 0 saturated heterocycles. The van der Waals surface area contributed by atoms with Crippen LogP contribution in [0.2, 0.25) is 0 Å². The van der Waals surface area contributed by atoms with Crippen LogP contribution in [-0.2, 0) is 81.7 Å². The van der Waals surface area contributed by atoms with Crippen molar-refractivity contribution in [1.82, 2.24) is 0 Å². The molecule has 0 aliphatic carbocycles. The van der Waals surface area contributed by atoms with Gasteiger partial charge in [0.25, 0.3) is 0 Å². The van der Waals surface area contributed by atoms with E-state index in [1.807, 2.05) is 0 Å². The van der Waals surface area contributed by atoms with E-state index in [4.69, 9.17) is 10.2 Å². The van der Waals surface area contributed by atoms with Crippen molar-refractivity contribution < 1.29 is 259 Å². The molecule has 0 unspecified atom stereocenters. The molecule has 0 aliphatic heterocycles. The van der Waals surface area contributed by atoms with Crippen LogP contribution in [0.4, 0.5) is 0 Å². The van der Waals surface area contributed by atoms with Gasteiger partial charge in [-0.15, -0.1) is 0 Å². The van der Waals surface area contributed by atoms with Gasteiger partial charge < -0.3 is 25.4 Å². The molecule has 102 valence electrons. The summed E-state index contributed by atoms with van der Waals surface area (Å²) < 4.78 is 6.71. The summed E-state index contributed by atoms with van der Waals surface area (Å²) in [5, 5.41) is 15.9. The van der Waals surface area contributed by atoms with Gasteiger partial charge in [-0.2, -0.15) is 0 Å². The molecule has 0 radical (unpaired) electrons. The van der Waals surface area contributed by atoms with E-state index in [1.54, 1.807) is 0 Å². The zero-order valence-corrected chi connectivity index (χ0v) is 25.5. The number of carboxylic acids is 2. The van der Waals surface area contributed by atoms with Crippen molar-refractivity contribution in [3.63, 3.8) is 0 Å². The van der Waals surface area contributed by atoms with Crippen molar-refractivity contribution >= 4 is 35.8 Å². The molecule has 0 aromatic heterocycles. The first-order valence-electron chi connectivity index (χ1n) is 3.24. The molecule has 0 fully saturated rings. The molecule has 0 aliphatic rings. The summed E-state index contributed by atoms with van der Waals surface area (Å²) in [4.78, 5) is 61.1. The van der Waals surface area contributed by atoms with Crippen LogP contribution in [0.5, 0.6) is 0 Å². The zero-order chi connectivity index (χ0) is 12.9. The Morgan fingerprint density at radius 3 is 0.909 bits per heavy atom. The van der Waals surface area contributed by atoms with E-state index in [1.165, 1.54) is 0 Å². The molecule has 0 amide bonds. The van der Waals surface area contributed by atoms with Gasteiger partial charge in [-0.25, -0.2) is 28.8 Å². The first-order chi connectivity index (χ1) is 7.25. The summed E-state index contributed by atoms with van der Waals surface area (Å²) in [6.45, 7) is 0. The molecule has 22 heavy (non-hydrogen) atoms. The quantitative estimate of drug-likeness (QED) is 0.154. The van der Waals surface area contributed by atoms with E-state index >= 15 is 0 Å². The standard InChI is InChI=1S/C6H2O10.2K.2Na.2Ti.4H/c7-1(8)3(11)15-5(13)6(14)16-4(12)2(9)10;;;;;;;;;;/h(H,7,8)(H,9,10);;;;;;;;;;/q;4*+1;;;4*-1. The normalized spacial score (nSPS) is 6.36. The Labute approximate surface area is 288 Å². The predicted molar refractivity (Wildman–Crippen MR) is 41.9 cm³/mol. The van der Waals surface area contributed by atoms with Gasteiger partial charge in [0.05, 0.1) is 0 Å². The van der Waals surface area contributed by atoms with Gasteiger partial charge in [0.2, 0.25) is 0 Å². The average molecular weight is 458 g/mol. The molecule has 0 atom stereocenters. The Morgan fingerprint density at radius 1 is 0.591 bits per heavy atom. The van der Waals surface area contributed by atoms with Crippen LogP contribution in [0, 0.1) is 0 Å². The smallest absolute Gasteiger partial charge is 1.00 e. The molecular weight excluding hydrogens is 452 g/mol. The van der Waals surface area contributed by atoms with E-state index in [9.17, 15) is 28.8 Å². The number of carboxylic acid groups (broad SMARTS) is 2. The van der Waals surface area contributed by atoms with Crippen molar-refractivity contribution in [2.75, 3.05) is 0 Å². The third-order valence-corrected chi connectivity index (χ3v) is 0.887. The molecule has 0 bridgehead atoms. The summed E-state index contributed by atoms with van der Waals surface area (Å²) >= 11 is 0. The predicted octanol–water partition coefficient (Wildman–Crippen LogP) is -14.2. The second-order valence-corrected chi connectivity index (χ2v) is 1.96. The Morgan fingerprint density at radius 2 is 0.773 bits per heavy atom. The van der Waals surface area contributed by atoms with Crippen LogP contribution in [0.3, 0.4) is 0 Å². The molecule has 0 spiro atoms. The third kappa shape index (κ3) is 22.0. The molecular formula is C6H6K2Na2O10Ti2. The molecule has 0 rings (SSSR count).